The molecule has 2 rings (SSSR count). The fraction of sp³-hybridized carbons (Fsp3) is 0.933. The molecule has 21 heavy (non-hydrogen) atoms. The molecule has 0 spiro atoms. The maximum atomic E-state index is 4.97. The Morgan fingerprint density at radius 3 is 2.05 bits per heavy atom. The Morgan fingerprint density at radius 2 is 1.57 bits per heavy atom. The summed E-state index contributed by atoms with van der Waals surface area (Å²) in [6.07, 6.45) is 5.40. The molecular formula is C15H31IN4S. The third-order valence-electron chi connectivity index (χ3n) is 4.53. The van der Waals surface area contributed by atoms with Gasteiger partial charge in [-0.05, 0) is 12.8 Å². The first-order valence-electron chi connectivity index (χ1n) is 7.77. The molecule has 124 valence electrons. The largest absolute Gasteiger partial charge is 0.349 e. The zero-order valence-electron chi connectivity index (χ0n) is 14.0. The molecule has 0 atom stereocenters. The summed E-state index contributed by atoms with van der Waals surface area (Å²) in [7, 11) is 8.32. The summed E-state index contributed by atoms with van der Waals surface area (Å²) in [5.74, 6) is 3.67. The van der Waals surface area contributed by atoms with Gasteiger partial charge in [0.15, 0.2) is 5.96 Å². The van der Waals surface area contributed by atoms with E-state index in [2.05, 4.69) is 54.7 Å². The Morgan fingerprint density at radius 1 is 1.05 bits per heavy atom. The van der Waals surface area contributed by atoms with Crippen LogP contribution in [0.3, 0.4) is 0 Å². The summed E-state index contributed by atoms with van der Waals surface area (Å²) in [5, 5.41) is 0. The van der Waals surface area contributed by atoms with Gasteiger partial charge in [-0.25, -0.2) is 0 Å². The highest BCUT2D eigenvalue weighted by molar-refractivity contribution is 14.0. The normalized spacial score (nSPS) is 21.5. The van der Waals surface area contributed by atoms with Crippen LogP contribution >= 0.6 is 35.7 Å². The predicted molar refractivity (Wildman–Crippen MR) is 105 cm³/mol. The summed E-state index contributed by atoms with van der Waals surface area (Å²) >= 11 is 2.10. The third kappa shape index (κ3) is 4.89. The number of halogens is 1. The molecule has 0 amide bonds. The summed E-state index contributed by atoms with van der Waals surface area (Å²) < 4.78 is 0. The number of nitrogens with zero attached hydrogens (tertiary/aromatic N) is 4. The molecule has 0 aromatic carbocycles. The molecule has 1 aliphatic heterocycles. The molecule has 0 unspecified atom stereocenters. The summed E-state index contributed by atoms with van der Waals surface area (Å²) in [6.45, 7) is 3.46. The van der Waals surface area contributed by atoms with Crippen molar-refractivity contribution >= 4 is 41.7 Å². The van der Waals surface area contributed by atoms with Crippen molar-refractivity contribution in [3.8, 4) is 0 Å². The second-order valence-corrected chi connectivity index (χ2v) is 7.66. The van der Waals surface area contributed by atoms with E-state index in [0.717, 1.165) is 12.5 Å². The van der Waals surface area contributed by atoms with Crippen LogP contribution in [0.25, 0.3) is 0 Å². The van der Waals surface area contributed by atoms with Crippen molar-refractivity contribution in [1.29, 1.82) is 0 Å². The lowest BCUT2D eigenvalue weighted by atomic mass is 9.95. The zero-order valence-corrected chi connectivity index (χ0v) is 17.1. The van der Waals surface area contributed by atoms with E-state index in [4.69, 9.17) is 4.99 Å². The van der Waals surface area contributed by atoms with Gasteiger partial charge in [-0.3, -0.25) is 9.89 Å². The molecule has 1 aliphatic carbocycles. The van der Waals surface area contributed by atoms with E-state index in [1.165, 1.54) is 50.3 Å². The number of rotatable bonds is 3. The molecule has 0 bridgehead atoms. The van der Waals surface area contributed by atoms with Gasteiger partial charge in [-0.2, -0.15) is 11.8 Å². The minimum atomic E-state index is 0. The predicted octanol–water partition coefficient (Wildman–Crippen LogP) is 2.45. The van der Waals surface area contributed by atoms with Crippen LogP contribution in [0.2, 0.25) is 0 Å². The average molecular weight is 426 g/mol. The second kappa shape index (κ2) is 8.82. The van der Waals surface area contributed by atoms with Gasteiger partial charge >= 0.3 is 0 Å². The molecule has 0 N–H and O–H groups in total. The summed E-state index contributed by atoms with van der Waals surface area (Å²) in [5.41, 5.74) is 0.345. The van der Waals surface area contributed by atoms with E-state index in [1.54, 1.807) is 0 Å². The lowest BCUT2D eigenvalue weighted by molar-refractivity contribution is 0.112. The SMILES string of the molecule is CN(C)C(=NCC1(N2CCSCC2)CCCC1)N(C)C.I. The van der Waals surface area contributed by atoms with Gasteiger partial charge in [-0.15, -0.1) is 24.0 Å². The smallest absolute Gasteiger partial charge is 0.195 e. The molecule has 1 saturated heterocycles. The number of hydrogen-bond acceptors (Lipinski definition) is 3. The fourth-order valence-corrected chi connectivity index (χ4v) is 4.45. The van der Waals surface area contributed by atoms with E-state index in [1.807, 2.05) is 0 Å². The minimum Gasteiger partial charge on any atom is -0.349 e. The molecule has 2 aliphatic rings. The molecule has 0 radical (unpaired) electrons. The Balaban J connectivity index is 0.00000220. The molecule has 0 aromatic rings. The van der Waals surface area contributed by atoms with Gasteiger partial charge in [0.05, 0.1) is 6.54 Å². The van der Waals surface area contributed by atoms with Gasteiger partial charge in [0, 0.05) is 58.3 Å². The number of hydrogen-bond donors (Lipinski definition) is 0. The van der Waals surface area contributed by atoms with Crippen molar-refractivity contribution in [2.45, 2.75) is 31.2 Å². The van der Waals surface area contributed by atoms with Gasteiger partial charge in [0.1, 0.15) is 0 Å². The van der Waals surface area contributed by atoms with Crippen molar-refractivity contribution in [2.24, 2.45) is 4.99 Å². The maximum Gasteiger partial charge on any atom is 0.195 e. The summed E-state index contributed by atoms with van der Waals surface area (Å²) in [4.78, 5) is 12.0. The third-order valence-corrected chi connectivity index (χ3v) is 5.47. The van der Waals surface area contributed by atoms with Crippen LogP contribution in [0.4, 0.5) is 0 Å². The molecule has 1 saturated carbocycles. The van der Waals surface area contributed by atoms with Crippen LogP contribution < -0.4 is 0 Å². The minimum absolute atomic E-state index is 0. The summed E-state index contributed by atoms with van der Waals surface area (Å²) in [6, 6.07) is 0. The first kappa shape index (κ1) is 19.4. The quantitative estimate of drug-likeness (QED) is 0.393. The molecule has 2 fully saturated rings. The van der Waals surface area contributed by atoms with E-state index in [0.29, 0.717) is 5.54 Å². The number of guanidine groups is 1. The van der Waals surface area contributed by atoms with E-state index in [-0.39, 0.29) is 24.0 Å². The molecular weight excluding hydrogens is 395 g/mol. The van der Waals surface area contributed by atoms with E-state index >= 15 is 0 Å². The van der Waals surface area contributed by atoms with Crippen molar-refractivity contribution in [3.05, 3.63) is 0 Å². The van der Waals surface area contributed by atoms with E-state index in [9.17, 15) is 0 Å². The zero-order chi connectivity index (χ0) is 14.6. The molecule has 6 heteroatoms. The monoisotopic (exact) mass is 426 g/mol. The fourth-order valence-electron chi connectivity index (χ4n) is 3.55. The van der Waals surface area contributed by atoms with Gasteiger partial charge in [-0.1, -0.05) is 12.8 Å². The van der Waals surface area contributed by atoms with Crippen molar-refractivity contribution < 1.29 is 0 Å². The molecule has 0 aromatic heterocycles. The van der Waals surface area contributed by atoms with Crippen molar-refractivity contribution in [1.82, 2.24) is 14.7 Å². The highest BCUT2D eigenvalue weighted by Gasteiger charge is 2.39. The first-order chi connectivity index (χ1) is 9.55. The van der Waals surface area contributed by atoms with Crippen molar-refractivity contribution in [2.75, 3.05) is 59.3 Å². The van der Waals surface area contributed by atoms with Crippen LogP contribution in [0.5, 0.6) is 0 Å². The van der Waals surface area contributed by atoms with Gasteiger partial charge in [0.25, 0.3) is 0 Å². The lowest BCUT2D eigenvalue weighted by Crippen LogP contribution is -2.53. The van der Waals surface area contributed by atoms with Crippen LogP contribution in [-0.2, 0) is 0 Å². The Hall–Kier alpha value is 0.310. The highest BCUT2D eigenvalue weighted by Crippen LogP contribution is 2.37. The first-order valence-corrected chi connectivity index (χ1v) is 8.92. The highest BCUT2D eigenvalue weighted by atomic mass is 127. The molecule has 4 nitrogen and oxygen atoms in total. The standard InChI is InChI=1S/C15H30N4S.HI/c1-17(2)14(18(3)4)16-13-15(7-5-6-8-15)19-9-11-20-12-10-19;/h5-13H2,1-4H3;1H. The second-order valence-electron chi connectivity index (χ2n) is 6.44. The average Bonchev–Trinajstić information content (AvgIpc) is 2.89. The molecule has 1 heterocycles. The topological polar surface area (TPSA) is 22.1 Å². The Kier molecular flexibility index (Phi) is 8.13. The van der Waals surface area contributed by atoms with E-state index < -0.39 is 0 Å². The van der Waals surface area contributed by atoms with Crippen LogP contribution in [-0.4, -0.2) is 85.5 Å². The number of aliphatic imine (C=N–C) groups is 1. The Labute approximate surface area is 151 Å². The van der Waals surface area contributed by atoms with Crippen molar-refractivity contribution in [3.63, 3.8) is 0 Å². The number of thioether (sulfide) groups is 1. The maximum absolute atomic E-state index is 4.97. The van der Waals surface area contributed by atoms with Gasteiger partial charge < -0.3 is 9.80 Å². The van der Waals surface area contributed by atoms with Crippen LogP contribution in [0.1, 0.15) is 25.7 Å². The van der Waals surface area contributed by atoms with Gasteiger partial charge in [0.2, 0.25) is 0 Å². The lowest BCUT2D eigenvalue weighted by Gasteiger charge is -2.42. The Bertz CT molecular complexity index is 325. The van der Waals surface area contributed by atoms with Crippen LogP contribution in [0.15, 0.2) is 4.99 Å². The van der Waals surface area contributed by atoms with Crippen LogP contribution in [0, 0.1) is 0 Å².